The third kappa shape index (κ3) is 5.34. The molecule has 0 aliphatic heterocycles. The maximum Gasteiger partial charge on any atom is 0.349 e. The second-order valence-corrected chi connectivity index (χ2v) is 6.44. The van der Waals surface area contributed by atoms with Gasteiger partial charge in [0.05, 0.1) is 10.6 Å². The molecule has 0 saturated carbocycles. The maximum atomic E-state index is 12.2. The third-order valence-corrected chi connectivity index (χ3v) is 4.14. The van der Waals surface area contributed by atoms with Crippen LogP contribution in [0.4, 0.5) is 5.69 Å². The first-order chi connectivity index (χ1) is 13.5. The lowest BCUT2D eigenvalue weighted by atomic mass is 10.2. The van der Waals surface area contributed by atoms with Gasteiger partial charge < -0.3 is 14.8 Å². The van der Waals surface area contributed by atoms with Crippen LogP contribution in [0.5, 0.6) is 11.5 Å². The van der Waals surface area contributed by atoms with Crippen LogP contribution < -0.4 is 14.8 Å². The van der Waals surface area contributed by atoms with Crippen molar-refractivity contribution in [1.82, 2.24) is 0 Å². The summed E-state index contributed by atoms with van der Waals surface area (Å²) in [6.07, 6.45) is 0. The number of carbonyl (C=O) groups excluding carboxylic acids is 2. The van der Waals surface area contributed by atoms with Crippen LogP contribution >= 0.6 is 11.6 Å². The molecule has 0 bridgehead atoms. The molecule has 0 aliphatic carbocycles. The Labute approximate surface area is 167 Å². The SMILES string of the molecule is Cc1cccc(OCC(=O)Oc2ccc(NC(=O)c3ccccc3Cl)cc2)c1. The van der Waals surface area contributed by atoms with Gasteiger partial charge in [-0.25, -0.2) is 4.79 Å². The fourth-order valence-electron chi connectivity index (χ4n) is 2.46. The van der Waals surface area contributed by atoms with Crippen molar-refractivity contribution < 1.29 is 19.1 Å². The summed E-state index contributed by atoms with van der Waals surface area (Å²) >= 11 is 6.02. The van der Waals surface area contributed by atoms with Crippen LogP contribution in [0.1, 0.15) is 15.9 Å². The van der Waals surface area contributed by atoms with Gasteiger partial charge in [-0.2, -0.15) is 0 Å². The molecule has 0 aliphatic rings. The minimum Gasteiger partial charge on any atom is -0.482 e. The largest absolute Gasteiger partial charge is 0.482 e. The van der Waals surface area contributed by atoms with E-state index in [2.05, 4.69) is 5.32 Å². The number of rotatable bonds is 6. The molecule has 3 aromatic carbocycles. The first kappa shape index (κ1) is 19.5. The maximum absolute atomic E-state index is 12.2. The van der Waals surface area contributed by atoms with Crippen LogP contribution in [-0.4, -0.2) is 18.5 Å². The van der Waals surface area contributed by atoms with Crippen molar-refractivity contribution in [2.75, 3.05) is 11.9 Å². The monoisotopic (exact) mass is 395 g/mol. The molecule has 28 heavy (non-hydrogen) atoms. The molecular weight excluding hydrogens is 378 g/mol. The Morgan fingerprint density at radius 2 is 1.68 bits per heavy atom. The van der Waals surface area contributed by atoms with E-state index in [1.165, 1.54) is 0 Å². The molecule has 142 valence electrons. The molecule has 0 spiro atoms. The fourth-order valence-corrected chi connectivity index (χ4v) is 2.68. The highest BCUT2D eigenvalue weighted by molar-refractivity contribution is 6.34. The van der Waals surface area contributed by atoms with Gasteiger partial charge in [0.15, 0.2) is 6.61 Å². The zero-order valence-electron chi connectivity index (χ0n) is 15.1. The molecule has 6 heteroatoms. The molecule has 0 heterocycles. The topological polar surface area (TPSA) is 64.6 Å². The number of anilines is 1. The first-order valence-electron chi connectivity index (χ1n) is 8.57. The van der Waals surface area contributed by atoms with Gasteiger partial charge in [-0.3, -0.25) is 4.79 Å². The van der Waals surface area contributed by atoms with Crippen LogP contribution in [-0.2, 0) is 4.79 Å². The third-order valence-electron chi connectivity index (χ3n) is 3.81. The van der Waals surface area contributed by atoms with E-state index in [0.717, 1.165) is 5.56 Å². The summed E-state index contributed by atoms with van der Waals surface area (Å²) in [5.41, 5.74) is 1.98. The van der Waals surface area contributed by atoms with Crippen molar-refractivity contribution in [3.63, 3.8) is 0 Å². The molecule has 0 radical (unpaired) electrons. The van der Waals surface area contributed by atoms with E-state index >= 15 is 0 Å². The standard InChI is InChI=1S/C22H18ClNO4/c1-15-5-4-6-18(13-15)27-14-21(25)28-17-11-9-16(10-12-17)24-22(26)19-7-2-3-8-20(19)23/h2-13H,14H2,1H3,(H,24,26). The summed E-state index contributed by atoms with van der Waals surface area (Å²) < 4.78 is 10.6. The Morgan fingerprint density at radius 1 is 0.929 bits per heavy atom. The number of hydrogen-bond acceptors (Lipinski definition) is 4. The summed E-state index contributed by atoms with van der Waals surface area (Å²) in [6, 6.07) is 20.6. The van der Waals surface area contributed by atoms with E-state index in [1.54, 1.807) is 54.6 Å². The van der Waals surface area contributed by atoms with E-state index in [4.69, 9.17) is 21.1 Å². The lowest BCUT2D eigenvalue weighted by Crippen LogP contribution is -2.17. The average Bonchev–Trinajstić information content (AvgIpc) is 2.68. The number of ether oxygens (including phenoxy) is 2. The van der Waals surface area contributed by atoms with E-state index < -0.39 is 5.97 Å². The van der Waals surface area contributed by atoms with Crippen LogP contribution in [0.15, 0.2) is 72.8 Å². The van der Waals surface area contributed by atoms with Crippen molar-refractivity contribution in [3.8, 4) is 11.5 Å². The lowest BCUT2D eigenvalue weighted by molar-refractivity contribution is -0.136. The highest BCUT2D eigenvalue weighted by Gasteiger charge is 2.10. The Kier molecular flexibility index (Phi) is 6.29. The normalized spacial score (nSPS) is 10.2. The van der Waals surface area contributed by atoms with Crippen molar-refractivity contribution in [1.29, 1.82) is 0 Å². The predicted octanol–water partition coefficient (Wildman–Crippen LogP) is 4.89. The van der Waals surface area contributed by atoms with Crippen molar-refractivity contribution in [3.05, 3.63) is 88.9 Å². The van der Waals surface area contributed by atoms with Crippen LogP contribution in [0.25, 0.3) is 0 Å². The molecule has 1 N–H and O–H groups in total. The molecule has 0 aromatic heterocycles. The molecule has 5 nitrogen and oxygen atoms in total. The van der Waals surface area contributed by atoms with Crippen molar-refractivity contribution in [2.45, 2.75) is 6.92 Å². The second kappa shape index (κ2) is 9.06. The van der Waals surface area contributed by atoms with Gasteiger partial charge in [-0.05, 0) is 61.0 Å². The van der Waals surface area contributed by atoms with Crippen LogP contribution in [0.2, 0.25) is 5.02 Å². The van der Waals surface area contributed by atoms with Gasteiger partial charge in [0, 0.05) is 5.69 Å². The Balaban J connectivity index is 1.53. The summed E-state index contributed by atoms with van der Waals surface area (Å²) in [5, 5.41) is 3.12. The minimum absolute atomic E-state index is 0.200. The van der Waals surface area contributed by atoms with E-state index in [0.29, 0.717) is 27.8 Å². The molecule has 1 amide bonds. The number of hydrogen-bond donors (Lipinski definition) is 1. The quantitative estimate of drug-likeness (QED) is 0.477. The van der Waals surface area contributed by atoms with E-state index in [1.807, 2.05) is 25.1 Å². The van der Waals surface area contributed by atoms with Crippen molar-refractivity contribution in [2.24, 2.45) is 0 Å². The highest BCUT2D eigenvalue weighted by atomic mass is 35.5. The smallest absolute Gasteiger partial charge is 0.349 e. The molecule has 0 fully saturated rings. The van der Waals surface area contributed by atoms with Crippen LogP contribution in [0, 0.1) is 6.92 Å². The highest BCUT2D eigenvalue weighted by Crippen LogP contribution is 2.20. The number of nitrogens with one attached hydrogen (secondary N) is 1. The van der Waals surface area contributed by atoms with Crippen LogP contribution in [0.3, 0.4) is 0 Å². The van der Waals surface area contributed by atoms with Gasteiger partial charge in [0.1, 0.15) is 11.5 Å². The molecule has 3 rings (SSSR count). The van der Waals surface area contributed by atoms with Gasteiger partial charge in [0.2, 0.25) is 0 Å². The van der Waals surface area contributed by atoms with E-state index in [9.17, 15) is 9.59 Å². The number of benzene rings is 3. The number of aryl methyl sites for hydroxylation is 1. The predicted molar refractivity (Wildman–Crippen MR) is 108 cm³/mol. The number of carbonyl (C=O) groups is 2. The van der Waals surface area contributed by atoms with Gasteiger partial charge in [-0.15, -0.1) is 0 Å². The fraction of sp³-hybridized carbons (Fsp3) is 0.0909. The minimum atomic E-state index is -0.519. The zero-order chi connectivity index (χ0) is 19.9. The number of halogens is 1. The van der Waals surface area contributed by atoms with Gasteiger partial charge in [-0.1, -0.05) is 35.9 Å². The summed E-state index contributed by atoms with van der Waals surface area (Å²) in [4.78, 5) is 24.2. The zero-order valence-corrected chi connectivity index (χ0v) is 15.9. The summed E-state index contributed by atoms with van der Waals surface area (Å²) in [6.45, 7) is 1.74. The summed E-state index contributed by atoms with van der Waals surface area (Å²) in [5.74, 6) is 0.124. The second-order valence-electron chi connectivity index (χ2n) is 6.04. The number of esters is 1. The molecule has 3 aromatic rings. The van der Waals surface area contributed by atoms with Gasteiger partial charge in [0.25, 0.3) is 5.91 Å². The van der Waals surface area contributed by atoms with E-state index in [-0.39, 0.29) is 12.5 Å². The molecule has 0 saturated heterocycles. The van der Waals surface area contributed by atoms with Crippen molar-refractivity contribution >= 4 is 29.2 Å². The Hall–Kier alpha value is -3.31. The average molecular weight is 396 g/mol. The molecule has 0 unspecified atom stereocenters. The first-order valence-corrected chi connectivity index (χ1v) is 8.95. The molecule has 0 atom stereocenters. The Morgan fingerprint density at radius 3 is 2.39 bits per heavy atom. The summed E-state index contributed by atoms with van der Waals surface area (Å²) in [7, 11) is 0. The lowest BCUT2D eigenvalue weighted by Gasteiger charge is -2.09. The molecular formula is C22H18ClNO4. The van der Waals surface area contributed by atoms with Gasteiger partial charge >= 0.3 is 5.97 Å². The Bertz CT molecular complexity index is 986. The number of amides is 1.